The summed E-state index contributed by atoms with van der Waals surface area (Å²) in [5.41, 5.74) is -0.551. The van der Waals surface area contributed by atoms with Gasteiger partial charge in [-0.25, -0.2) is 8.78 Å². The fraction of sp³-hybridized carbons (Fsp3) is 0.500. The summed E-state index contributed by atoms with van der Waals surface area (Å²) < 4.78 is 31.3. The number of nitriles is 1. The Kier molecular flexibility index (Phi) is 5.71. The van der Waals surface area contributed by atoms with E-state index in [1.54, 1.807) is 7.05 Å². The van der Waals surface area contributed by atoms with Crippen LogP contribution in [0.3, 0.4) is 0 Å². The number of nitrogens with zero attached hydrogens (tertiary/aromatic N) is 1. The molecule has 0 aliphatic rings. The number of ether oxygens (including phenoxy) is 1. The summed E-state index contributed by atoms with van der Waals surface area (Å²) in [6.07, 6.45) is 2.12. The molecule has 1 aromatic rings. The highest BCUT2D eigenvalue weighted by atomic mass is 19.1. The van der Waals surface area contributed by atoms with Gasteiger partial charge in [0.05, 0.1) is 12.7 Å². The highest BCUT2D eigenvalue weighted by Gasteiger charge is 2.19. The van der Waals surface area contributed by atoms with Gasteiger partial charge in [0.25, 0.3) is 0 Å². The molecule has 0 amide bonds. The van der Waals surface area contributed by atoms with Crippen molar-refractivity contribution in [3.63, 3.8) is 0 Å². The Balaban J connectivity index is 2.32. The van der Waals surface area contributed by atoms with Crippen molar-refractivity contribution in [2.75, 3.05) is 13.7 Å². The van der Waals surface area contributed by atoms with Crippen molar-refractivity contribution in [3.05, 3.63) is 29.8 Å². The zero-order valence-corrected chi connectivity index (χ0v) is 11.2. The fourth-order valence-corrected chi connectivity index (χ4v) is 1.59. The van der Waals surface area contributed by atoms with Gasteiger partial charge in [0.1, 0.15) is 11.4 Å². The van der Waals surface area contributed by atoms with E-state index in [1.807, 2.05) is 6.92 Å². The van der Waals surface area contributed by atoms with Crippen molar-refractivity contribution in [2.45, 2.75) is 31.7 Å². The third-order valence-electron chi connectivity index (χ3n) is 3.02. The Bertz CT molecular complexity index is 459. The number of rotatable bonds is 7. The standard InChI is InChI=1S/C14H18F2N2O/c1-14(10-17,18-2)7-3-4-8-19-13-9-11(15)5-6-12(13)16/h5-6,9,18H,3-4,7-8H2,1-2H3. The number of benzene rings is 1. The van der Waals surface area contributed by atoms with E-state index in [9.17, 15) is 8.78 Å². The third kappa shape index (κ3) is 4.84. The minimum absolute atomic E-state index is 0.0725. The number of hydrogen-bond acceptors (Lipinski definition) is 3. The molecular weight excluding hydrogens is 250 g/mol. The van der Waals surface area contributed by atoms with E-state index in [0.717, 1.165) is 24.6 Å². The topological polar surface area (TPSA) is 45.0 Å². The Morgan fingerprint density at radius 3 is 2.74 bits per heavy atom. The molecule has 1 atom stereocenters. The molecule has 0 spiro atoms. The minimum atomic E-state index is -0.571. The molecule has 0 saturated carbocycles. The minimum Gasteiger partial charge on any atom is -0.490 e. The molecule has 104 valence electrons. The average molecular weight is 268 g/mol. The molecule has 1 rings (SSSR count). The molecule has 19 heavy (non-hydrogen) atoms. The van der Waals surface area contributed by atoms with Crippen molar-refractivity contribution >= 4 is 0 Å². The Morgan fingerprint density at radius 1 is 1.37 bits per heavy atom. The second-order valence-corrected chi connectivity index (χ2v) is 4.57. The van der Waals surface area contributed by atoms with E-state index >= 15 is 0 Å². The van der Waals surface area contributed by atoms with Gasteiger partial charge in [0.2, 0.25) is 0 Å². The smallest absolute Gasteiger partial charge is 0.165 e. The van der Waals surface area contributed by atoms with Crippen LogP contribution in [-0.4, -0.2) is 19.2 Å². The normalized spacial score (nSPS) is 13.6. The number of nitrogens with one attached hydrogen (secondary N) is 1. The van der Waals surface area contributed by atoms with Gasteiger partial charge in [-0.05, 0) is 45.4 Å². The molecule has 0 bridgehead atoms. The lowest BCUT2D eigenvalue weighted by atomic mass is 9.97. The Labute approximate surface area is 112 Å². The van der Waals surface area contributed by atoms with Gasteiger partial charge >= 0.3 is 0 Å². The maximum atomic E-state index is 13.2. The average Bonchev–Trinajstić information content (AvgIpc) is 2.42. The molecule has 0 saturated heterocycles. The van der Waals surface area contributed by atoms with E-state index in [4.69, 9.17) is 10.00 Å². The predicted molar refractivity (Wildman–Crippen MR) is 68.8 cm³/mol. The van der Waals surface area contributed by atoms with Gasteiger partial charge < -0.3 is 10.1 Å². The van der Waals surface area contributed by atoms with Crippen LogP contribution in [0.4, 0.5) is 8.78 Å². The van der Waals surface area contributed by atoms with Crippen LogP contribution in [-0.2, 0) is 0 Å². The molecule has 1 N–H and O–H groups in total. The van der Waals surface area contributed by atoms with Gasteiger partial charge in [0.15, 0.2) is 11.6 Å². The number of unbranched alkanes of at least 4 members (excludes halogenated alkanes) is 1. The molecule has 3 nitrogen and oxygen atoms in total. The van der Waals surface area contributed by atoms with Crippen molar-refractivity contribution < 1.29 is 13.5 Å². The second kappa shape index (κ2) is 7.05. The lowest BCUT2D eigenvalue weighted by Gasteiger charge is -2.20. The summed E-state index contributed by atoms with van der Waals surface area (Å²) in [6.45, 7) is 2.12. The first-order valence-corrected chi connectivity index (χ1v) is 6.19. The van der Waals surface area contributed by atoms with Crippen LogP contribution in [0.5, 0.6) is 5.75 Å². The van der Waals surface area contributed by atoms with Gasteiger partial charge in [-0.15, -0.1) is 0 Å². The van der Waals surface area contributed by atoms with E-state index in [0.29, 0.717) is 19.4 Å². The van der Waals surface area contributed by atoms with Crippen LogP contribution in [0, 0.1) is 23.0 Å². The van der Waals surface area contributed by atoms with Gasteiger partial charge in [-0.2, -0.15) is 5.26 Å². The Hall–Kier alpha value is -1.67. The van der Waals surface area contributed by atoms with Gasteiger partial charge in [0, 0.05) is 6.07 Å². The largest absolute Gasteiger partial charge is 0.490 e. The summed E-state index contributed by atoms with van der Waals surface area (Å²) in [5, 5.41) is 11.9. The van der Waals surface area contributed by atoms with E-state index in [1.165, 1.54) is 0 Å². The summed E-state index contributed by atoms with van der Waals surface area (Å²) >= 11 is 0. The monoisotopic (exact) mass is 268 g/mol. The molecule has 1 unspecified atom stereocenters. The van der Waals surface area contributed by atoms with Crippen LogP contribution in [0.25, 0.3) is 0 Å². The summed E-state index contributed by atoms with van der Waals surface area (Å²) in [5.74, 6) is -1.17. The SMILES string of the molecule is CNC(C)(C#N)CCCCOc1cc(F)ccc1F. The molecule has 0 heterocycles. The van der Waals surface area contributed by atoms with Crippen LogP contribution >= 0.6 is 0 Å². The highest BCUT2D eigenvalue weighted by molar-refractivity contribution is 5.24. The Morgan fingerprint density at radius 2 is 2.11 bits per heavy atom. The molecule has 0 fully saturated rings. The third-order valence-corrected chi connectivity index (χ3v) is 3.02. The van der Waals surface area contributed by atoms with Crippen LogP contribution in [0.1, 0.15) is 26.2 Å². The summed E-state index contributed by atoms with van der Waals surface area (Å²) in [7, 11) is 1.74. The maximum absolute atomic E-state index is 13.2. The second-order valence-electron chi connectivity index (χ2n) is 4.57. The lowest BCUT2D eigenvalue weighted by molar-refractivity contribution is 0.283. The van der Waals surface area contributed by atoms with E-state index in [-0.39, 0.29) is 5.75 Å². The first-order chi connectivity index (χ1) is 9.00. The van der Waals surface area contributed by atoms with Crippen molar-refractivity contribution in [1.82, 2.24) is 5.32 Å². The molecule has 0 aliphatic carbocycles. The van der Waals surface area contributed by atoms with Crippen LogP contribution in [0.2, 0.25) is 0 Å². The fourth-order valence-electron chi connectivity index (χ4n) is 1.59. The van der Waals surface area contributed by atoms with Gasteiger partial charge in [-0.1, -0.05) is 0 Å². The maximum Gasteiger partial charge on any atom is 0.165 e. The van der Waals surface area contributed by atoms with Crippen molar-refractivity contribution in [3.8, 4) is 11.8 Å². The predicted octanol–water partition coefficient (Wildman–Crippen LogP) is 3.02. The van der Waals surface area contributed by atoms with Crippen molar-refractivity contribution in [2.24, 2.45) is 0 Å². The molecule has 0 aromatic heterocycles. The lowest BCUT2D eigenvalue weighted by Crippen LogP contribution is -2.37. The highest BCUT2D eigenvalue weighted by Crippen LogP contribution is 2.19. The van der Waals surface area contributed by atoms with Crippen LogP contribution < -0.4 is 10.1 Å². The first kappa shape index (κ1) is 15.4. The summed E-state index contributed by atoms with van der Waals surface area (Å²) in [4.78, 5) is 0. The van der Waals surface area contributed by atoms with Crippen molar-refractivity contribution in [1.29, 1.82) is 5.26 Å². The zero-order valence-electron chi connectivity index (χ0n) is 11.2. The number of halogens is 2. The molecule has 0 aliphatic heterocycles. The quantitative estimate of drug-likeness (QED) is 0.773. The van der Waals surface area contributed by atoms with Crippen LogP contribution in [0.15, 0.2) is 18.2 Å². The van der Waals surface area contributed by atoms with E-state index < -0.39 is 17.2 Å². The molecule has 0 radical (unpaired) electrons. The number of hydrogen-bond donors (Lipinski definition) is 1. The molecule has 1 aromatic carbocycles. The van der Waals surface area contributed by atoms with Gasteiger partial charge in [-0.3, -0.25) is 0 Å². The molecule has 5 heteroatoms. The first-order valence-electron chi connectivity index (χ1n) is 6.19. The molecular formula is C14H18F2N2O. The van der Waals surface area contributed by atoms with E-state index in [2.05, 4.69) is 11.4 Å². The summed E-state index contributed by atoms with van der Waals surface area (Å²) in [6, 6.07) is 5.31. The zero-order chi connectivity index (χ0) is 14.3.